The number of carbonyl (C=O) groups excluding carboxylic acids is 1. The van der Waals surface area contributed by atoms with E-state index in [2.05, 4.69) is 44.3 Å². The second-order valence-corrected chi connectivity index (χ2v) is 7.00. The minimum atomic E-state index is -0.449. The summed E-state index contributed by atoms with van der Waals surface area (Å²) in [5.41, 5.74) is 3.50. The molecule has 0 aliphatic carbocycles. The summed E-state index contributed by atoms with van der Waals surface area (Å²) in [6.45, 7) is 15.0. The summed E-state index contributed by atoms with van der Waals surface area (Å²) in [5.74, 6) is 0. The molecular weight excluding hydrogens is 288 g/mol. The number of carbonyl (C=O) groups is 1. The lowest BCUT2D eigenvalue weighted by Crippen LogP contribution is -2.40. The molecule has 0 atom stereocenters. The molecule has 23 heavy (non-hydrogen) atoms. The zero-order valence-corrected chi connectivity index (χ0v) is 15.5. The summed E-state index contributed by atoms with van der Waals surface area (Å²) < 4.78 is 5.46. The van der Waals surface area contributed by atoms with Crippen molar-refractivity contribution in [2.45, 2.75) is 60.1 Å². The average molecular weight is 320 g/mol. The van der Waals surface area contributed by atoms with Gasteiger partial charge in [-0.15, -0.1) is 0 Å². The van der Waals surface area contributed by atoms with Crippen molar-refractivity contribution in [1.82, 2.24) is 10.2 Å². The number of ether oxygens (including phenoxy) is 1. The fourth-order valence-electron chi connectivity index (χ4n) is 2.33. The lowest BCUT2D eigenvalue weighted by atomic mass is 10.0. The number of amides is 1. The molecule has 0 saturated carbocycles. The fourth-order valence-corrected chi connectivity index (χ4v) is 2.33. The Bertz CT molecular complexity index is 507. The lowest BCUT2D eigenvalue weighted by molar-refractivity contribution is 0.0252. The predicted octanol–water partition coefficient (Wildman–Crippen LogP) is 4.04. The van der Waals surface area contributed by atoms with Crippen LogP contribution in [-0.2, 0) is 11.3 Å². The highest BCUT2D eigenvalue weighted by Crippen LogP contribution is 2.12. The van der Waals surface area contributed by atoms with Gasteiger partial charge in [-0.1, -0.05) is 25.1 Å². The first kappa shape index (κ1) is 19.5. The largest absolute Gasteiger partial charge is 0.444 e. The number of hydrogen-bond donors (Lipinski definition) is 1. The van der Waals surface area contributed by atoms with Gasteiger partial charge in [0.15, 0.2) is 0 Å². The van der Waals surface area contributed by atoms with Crippen LogP contribution in [0.15, 0.2) is 18.2 Å². The molecular formula is C19H32N2O2. The molecule has 1 amide bonds. The Morgan fingerprint density at radius 2 is 1.91 bits per heavy atom. The Labute approximate surface area is 141 Å². The third-order valence-corrected chi connectivity index (χ3v) is 3.74. The monoisotopic (exact) mass is 320 g/mol. The normalized spacial score (nSPS) is 11.4. The Balaban J connectivity index is 2.47. The summed E-state index contributed by atoms with van der Waals surface area (Å²) in [6.07, 6.45) is 0.698. The molecule has 130 valence electrons. The Hall–Kier alpha value is -1.55. The van der Waals surface area contributed by atoms with E-state index in [4.69, 9.17) is 4.74 Å². The van der Waals surface area contributed by atoms with Gasteiger partial charge in [0.2, 0.25) is 0 Å². The van der Waals surface area contributed by atoms with Crippen molar-refractivity contribution >= 4 is 6.09 Å². The predicted molar refractivity (Wildman–Crippen MR) is 95.7 cm³/mol. The van der Waals surface area contributed by atoms with E-state index >= 15 is 0 Å². The van der Waals surface area contributed by atoms with Crippen LogP contribution >= 0.6 is 0 Å². The van der Waals surface area contributed by atoms with Gasteiger partial charge < -0.3 is 15.0 Å². The molecule has 4 heteroatoms. The number of rotatable bonds is 7. The number of hydrogen-bond acceptors (Lipinski definition) is 3. The highest BCUT2D eigenvalue weighted by molar-refractivity contribution is 5.68. The third-order valence-electron chi connectivity index (χ3n) is 3.74. The van der Waals surface area contributed by atoms with E-state index in [0.717, 1.165) is 26.1 Å². The van der Waals surface area contributed by atoms with Crippen LogP contribution in [0.4, 0.5) is 4.79 Å². The van der Waals surface area contributed by atoms with Crippen molar-refractivity contribution in [1.29, 1.82) is 0 Å². The van der Waals surface area contributed by atoms with Crippen LogP contribution in [0, 0.1) is 13.8 Å². The van der Waals surface area contributed by atoms with Crippen LogP contribution in [0.1, 0.15) is 50.8 Å². The van der Waals surface area contributed by atoms with E-state index < -0.39 is 5.60 Å². The molecule has 1 N–H and O–H groups in total. The third kappa shape index (κ3) is 7.04. The van der Waals surface area contributed by atoms with Crippen LogP contribution < -0.4 is 5.32 Å². The van der Waals surface area contributed by atoms with E-state index in [0.29, 0.717) is 6.54 Å². The smallest absolute Gasteiger partial charge is 0.410 e. The van der Waals surface area contributed by atoms with Gasteiger partial charge in [0.05, 0.1) is 0 Å². The molecule has 0 aliphatic rings. The maximum atomic E-state index is 12.2. The summed E-state index contributed by atoms with van der Waals surface area (Å²) in [5, 5.41) is 3.43. The lowest BCUT2D eigenvalue weighted by Gasteiger charge is -2.27. The van der Waals surface area contributed by atoms with Gasteiger partial charge in [-0.25, -0.2) is 4.79 Å². The van der Waals surface area contributed by atoms with Crippen LogP contribution in [0.2, 0.25) is 0 Å². The first-order valence-electron chi connectivity index (χ1n) is 8.48. The van der Waals surface area contributed by atoms with Gasteiger partial charge in [-0.3, -0.25) is 0 Å². The van der Waals surface area contributed by atoms with Crippen molar-refractivity contribution in [3.63, 3.8) is 0 Å². The van der Waals surface area contributed by atoms with Gasteiger partial charge in [-0.05, 0) is 57.7 Å². The maximum absolute atomic E-state index is 12.2. The molecule has 1 rings (SSSR count). The fraction of sp³-hybridized carbons (Fsp3) is 0.632. The number of benzene rings is 1. The van der Waals surface area contributed by atoms with Crippen molar-refractivity contribution in [2.24, 2.45) is 0 Å². The molecule has 1 aromatic carbocycles. The second kappa shape index (κ2) is 8.92. The zero-order valence-electron chi connectivity index (χ0n) is 15.5. The highest BCUT2D eigenvalue weighted by Gasteiger charge is 2.21. The Morgan fingerprint density at radius 1 is 1.22 bits per heavy atom. The second-order valence-electron chi connectivity index (χ2n) is 7.00. The average Bonchev–Trinajstić information content (AvgIpc) is 2.44. The van der Waals surface area contributed by atoms with Crippen LogP contribution in [0.5, 0.6) is 0 Å². The molecule has 1 aromatic rings. The highest BCUT2D eigenvalue weighted by atomic mass is 16.6. The van der Waals surface area contributed by atoms with Crippen molar-refractivity contribution in [3.8, 4) is 0 Å². The molecule has 0 aromatic heterocycles. The van der Waals surface area contributed by atoms with Gasteiger partial charge in [-0.2, -0.15) is 0 Å². The summed E-state index contributed by atoms with van der Waals surface area (Å²) in [6, 6.07) is 6.36. The van der Waals surface area contributed by atoms with Crippen LogP contribution in [0.25, 0.3) is 0 Å². The molecule has 4 nitrogen and oxygen atoms in total. The molecule has 0 bridgehead atoms. The summed E-state index contributed by atoms with van der Waals surface area (Å²) in [7, 11) is 0. The molecule has 0 heterocycles. The zero-order chi connectivity index (χ0) is 17.5. The van der Waals surface area contributed by atoms with E-state index in [1.54, 1.807) is 4.90 Å². The molecule has 0 saturated heterocycles. The SMILES string of the molecule is CCCN(CCNCc1cccc(C)c1C)C(=O)OC(C)(C)C. The Kier molecular flexibility index (Phi) is 7.56. The van der Waals surface area contributed by atoms with Crippen molar-refractivity contribution in [2.75, 3.05) is 19.6 Å². The summed E-state index contributed by atoms with van der Waals surface area (Å²) in [4.78, 5) is 14.0. The van der Waals surface area contributed by atoms with E-state index in [1.807, 2.05) is 20.8 Å². The van der Waals surface area contributed by atoms with E-state index in [-0.39, 0.29) is 6.09 Å². The quantitative estimate of drug-likeness (QED) is 0.771. The number of nitrogens with one attached hydrogen (secondary N) is 1. The number of aryl methyl sites for hydroxylation is 1. The number of nitrogens with zero attached hydrogens (tertiary/aromatic N) is 1. The van der Waals surface area contributed by atoms with Gasteiger partial charge in [0.25, 0.3) is 0 Å². The molecule has 0 unspecified atom stereocenters. The summed E-state index contributed by atoms with van der Waals surface area (Å²) >= 11 is 0. The maximum Gasteiger partial charge on any atom is 0.410 e. The van der Waals surface area contributed by atoms with Crippen molar-refractivity contribution < 1.29 is 9.53 Å². The minimum Gasteiger partial charge on any atom is -0.444 e. The first-order chi connectivity index (χ1) is 10.7. The van der Waals surface area contributed by atoms with E-state index in [1.165, 1.54) is 16.7 Å². The Morgan fingerprint density at radius 3 is 2.52 bits per heavy atom. The molecule has 0 aliphatic heterocycles. The molecule has 0 spiro atoms. The van der Waals surface area contributed by atoms with Gasteiger partial charge in [0, 0.05) is 26.2 Å². The topological polar surface area (TPSA) is 41.6 Å². The standard InChI is InChI=1S/C19H32N2O2/c1-7-12-21(18(22)23-19(4,5)6)13-11-20-14-17-10-8-9-15(2)16(17)3/h8-10,20H,7,11-14H2,1-6H3. The minimum absolute atomic E-state index is 0.229. The van der Waals surface area contributed by atoms with Crippen molar-refractivity contribution in [3.05, 3.63) is 34.9 Å². The van der Waals surface area contributed by atoms with Crippen LogP contribution in [-0.4, -0.2) is 36.2 Å². The van der Waals surface area contributed by atoms with E-state index in [9.17, 15) is 4.79 Å². The molecule has 0 fully saturated rings. The molecule has 0 radical (unpaired) electrons. The van der Waals surface area contributed by atoms with Crippen LogP contribution in [0.3, 0.4) is 0 Å². The van der Waals surface area contributed by atoms with Gasteiger partial charge >= 0.3 is 6.09 Å². The van der Waals surface area contributed by atoms with Gasteiger partial charge in [0.1, 0.15) is 5.60 Å². The first-order valence-corrected chi connectivity index (χ1v) is 8.48.